The van der Waals surface area contributed by atoms with Crippen molar-refractivity contribution in [3.05, 3.63) is 0 Å². The summed E-state index contributed by atoms with van der Waals surface area (Å²) in [6.07, 6.45) is 0. The molecule has 0 aromatic rings. The van der Waals surface area contributed by atoms with Gasteiger partial charge in [-0.3, -0.25) is 0 Å². The van der Waals surface area contributed by atoms with Gasteiger partial charge in [-0.1, -0.05) is 15.2 Å². The lowest BCUT2D eigenvalue weighted by molar-refractivity contribution is 2.23. The van der Waals surface area contributed by atoms with Gasteiger partial charge in [0.2, 0.25) is 0 Å². The van der Waals surface area contributed by atoms with Crippen LogP contribution in [0.25, 0.3) is 0 Å². The van der Waals surface area contributed by atoms with E-state index in [1.165, 1.54) is 0 Å². The molecular formula is C3H8P2. The lowest BCUT2D eigenvalue weighted by atomic mass is 11.9. The van der Waals surface area contributed by atoms with Crippen molar-refractivity contribution in [1.29, 1.82) is 0 Å². The van der Waals surface area contributed by atoms with Gasteiger partial charge < -0.3 is 0 Å². The van der Waals surface area contributed by atoms with Crippen LogP contribution in [0.15, 0.2) is 0 Å². The van der Waals surface area contributed by atoms with Crippen molar-refractivity contribution in [3.8, 4) is 0 Å². The van der Waals surface area contributed by atoms with Crippen molar-refractivity contribution in [2.75, 3.05) is 19.2 Å². The Bertz CT molecular complexity index is 38.2. The molecule has 0 spiro atoms. The normalized spacial score (nSPS) is 49.2. The molecule has 1 saturated heterocycles. The highest BCUT2D eigenvalue weighted by Gasteiger charge is 2.25. The monoisotopic (exact) mass is 106 g/mol. The second-order valence-electron chi connectivity index (χ2n) is 1.46. The van der Waals surface area contributed by atoms with Crippen molar-refractivity contribution >= 4 is 15.2 Å². The first-order valence-electron chi connectivity index (χ1n) is 1.73. The highest BCUT2D eigenvalue weighted by Crippen LogP contribution is 2.85. The van der Waals surface area contributed by atoms with E-state index in [1.54, 1.807) is 5.90 Å². The maximum Gasteiger partial charge on any atom is -0.00478 e. The SMILES string of the molecule is CP1CP1C. The third-order valence-corrected chi connectivity index (χ3v) is 8.16. The van der Waals surface area contributed by atoms with Crippen molar-refractivity contribution in [2.45, 2.75) is 0 Å². The molecule has 0 N–H and O–H groups in total. The summed E-state index contributed by atoms with van der Waals surface area (Å²) in [5.41, 5.74) is 0. The molecule has 0 aliphatic carbocycles. The fourth-order valence-electron chi connectivity index (χ4n) is 0.268. The Kier molecular flexibility index (Phi) is 0.945. The summed E-state index contributed by atoms with van der Waals surface area (Å²) in [6.45, 7) is 4.78. The zero-order valence-electron chi connectivity index (χ0n) is 3.60. The van der Waals surface area contributed by atoms with Crippen LogP contribution in [-0.2, 0) is 0 Å². The molecule has 0 bridgehead atoms. The Morgan fingerprint density at radius 2 is 1.40 bits per heavy atom. The molecule has 0 saturated carbocycles. The number of rotatable bonds is 0. The standard InChI is InChI=1S/C3H8P2/c1-4-3-5(4)2/h3H2,1-2H3. The largest absolute Gasteiger partial charge is 0.0794 e. The topological polar surface area (TPSA) is 0 Å². The van der Waals surface area contributed by atoms with Crippen molar-refractivity contribution in [1.82, 2.24) is 0 Å². The van der Waals surface area contributed by atoms with Crippen molar-refractivity contribution in [3.63, 3.8) is 0 Å². The fraction of sp³-hybridized carbons (Fsp3) is 1.00. The summed E-state index contributed by atoms with van der Waals surface area (Å²) in [6, 6.07) is 0. The highest BCUT2D eigenvalue weighted by molar-refractivity contribution is 8.45. The highest BCUT2D eigenvalue weighted by atomic mass is 32.1. The van der Waals surface area contributed by atoms with Crippen LogP contribution in [0, 0.1) is 0 Å². The van der Waals surface area contributed by atoms with Crippen LogP contribution in [0.1, 0.15) is 0 Å². The van der Waals surface area contributed by atoms with Crippen molar-refractivity contribution < 1.29 is 0 Å². The van der Waals surface area contributed by atoms with Crippen LogP contribution in [0.4, 0.5) is 0 Å². The Morgan fingerprint density at radius 1 is 1.20 bits per heavy atom. The Morgan fingerprint density at radius 3 is 1.40 bits per heavy atom. The molecule has 30 valence electrons. The van der Waals surface area contributed by atoms with Gasteiger partial charge in [0, 0.05) is 0 Å². The quantitative estimate of drug-likeness (QED) is 0.415. The van der Waals surface area contributed by atoms with E-state index in [2.05, 4.69) is 13.3 Å². The van der Waals surface area contributed by atoms with E-state index in [1.807, 2.05) is 0 Å². The zero-order chi connectivity index (χ0) is 3.86. The summed E-state index contributed by atoms with van der Waals surface area (Å²) in [5.74, 6) is 1.60. The summed E-state index contributed by atoms with van der Waals surface area (Å²) in [5, 5.41) is 0. The number of hydrogen-bond acceptors (Lipinski definition) is 0. The van der Waals surface area contributed by atoms with Gasteiger partial charge in [-0.05, 0) is 19.2 Å². The maximum atomic E-state index is 2.39. The molecule has 1 heterocycles. The summed E-state index contributed by atoms with van der Waals surface area (Å²) in [4.78, 5) is 0. The molecule has 5 heavy (non-hydrogen) atoms. The molecule has 1 rings (SSSR count). The minimum absolute atomic E-state index is 0.633. The van der Waals surface area contributed by atoms with Gasteiger partial charge in [0.1, 0.15) is 0 Å². The van der Waals surface area contributed by atoms with E-state index in [0.29, 0.717) is 15.2 Å². The molecule has 0 radical (unpaired) electrons. The molecule has 0 aromatic heterocycles. The van der Waals surface area contributed by atoms with Gasteiger partial charge in [-0.25, -0.2) is 0 Å². The lowest BCUT2D eigenvalue weighted by Crippen LogP contribution is -1.19. The van der Waals surface area contributed by atoms with E-state index in [-0.39, 0.29) is 0 Å². The molecular weight excluding hydrogens is 98.0 g/mol. The van der Waals surface area contributed by atoms with Crippen LogP contribution >= 0.6 is 15.2 Å². The van der Waals surface area contributed by atoms with Gasteiger partial charge >= 0.3 is 0 Å². The summed E-state index contributed by atoms with van der Waals surface area (Å²) < 4.78 is 0. The molecule has 2 atom stereocenters. The second kappa shape index (κ2) is 1.17. The van der Waals surface area contributed by atoms with E-state index in [4.69, 9.17) is 0 Å². The van der Waals surface area contributed by atoms with Crippen LogP contribution in [-0.4, -0.2) is 19.2 Å². The molecule has 0 nitrogen and oxygen atoms in total. The summed E-state index contributed by atoms with van der Waals surface area (Å²) in [7, 11) is 1.27. The Hall–Kier alpha value is 0.860. The lowest BCUT2D eigenvalue weighted by Gasteiger charge is -1.69. The third-order valence-electron chi connectivity index (χ3n) is 0.907. The average molecular weight is 106 g/mol. The first-order valence-corrected chi connectivity index (χ1v) is 6.38. The van der Waals surface area contributed by atoms with E-state index in [0.717, 1.165) is 0 Å². The summed E-state index contributed by atoms with van der Waals surface area (Å²) >= 11 is 0. The molecule has 0 aromatic carbocycles. The first-order chi connectivity index (χ1) is 2.30. The molecule has 1 aliphatic heterocycles. The predicted octanol–water partition coefficient (Wildman–Crippen LogP) is 2.10. The Balaban J connectivity index is 2.20. The van der Waals surface area contributed by atoms with Gasteiger partial charge in [0.25, 0.3) is 0 Å². The number of hydrogen-bond donors (Lipinski definition) is 0. The second-order valence-corrected chi connectivity index (χ2v) is 9.32. The molecule has 1 aliphatic rings. The van der Waals surface area contributed by atoms with Crippen LogP contribution < -0.4 is 0 Å². The smallest absolute Gasteiger partial charge is 0.00478 e. The van der Waals surface area contributed by atoms with Gasteiger partial charge in [-0.2, -0.15) is 0 Å². The van der Waals surface area contributed by atoms with Gasteiger partial charge in [-0.15, -0.1) is 0 Å². The maximum absolute atomic E-state index is 2.39. The minimum atomic E-state index is 0.633. The van der Waals surface area contributed by atoms with Gasteiger partial charge in [0.05, 0.1) is 0 Å². The first kappa shape index (κ1) is 4.03. The van der Waals surface area contributed by atoms with Crippen LogP contribution in [0.5, 0.6) is 0 Å². The van der Waals surface area contributed by atoms with Crippen LogP contribution in [0.3, 0.4) is 0 Å². The Labute approximate surface area is 35.4 Å². The van der Waals surface area contributed by atoms with E-state index in [9.17, 15) is 0 Å². The van der Waals surface area contributed by atoms with Crippen molar-refractivity contribution in [2.24, 2.45) is 0 Å². The molecule has 2 unspecified atom stereocenters. The average Bonchev–Trinajstić information content (AvgIpc) is 1.79. The molecule has 1 fully saturated rings. The van der Waals surface area contributed by atoms with E-state index < -0.39 is 0 Å². The van der Waals surface area contributed by atoms with Gasteiger partial charge in [0.15, 0.2) is 0 Å². The fourth-order valence-corrected chi connectivity index (χ4v) is 4.69. The minimum Gasteiger partial charge on any atom is -0.0794 e. The molecule has 0 amide bonds. The van der Waals surface area contributed by atoms with Crippen LogP contribution in [0.2, 0.25) is 0 Å². The molecule has 2 heteroatoms. The third kappa shape index (κ3) is 0.845. The predicted molar refractivity (Wildman–Crippen MR) is 30.6 cm³/mol. The zero-order valence-corrected chi connectivity index (χ0v) is 5.39. The van der Waals surface area contributed by atoms with E-state index >= 15 is 0 Å².